The lowest BCUT2D eigenvalue weighted by Crippen LogP contribution is -2.41. The molecule has 2 aromatic rings. The molecule has 2 aliphatic heterocycles. The average molecular weight is 318 g/mol. The third kappa shape index (κ3) is 2.28. The number of thioether (sulfide) groups is 1. The van der Waals surface area contributed by atoms with Crippen LogP contribution in [0.15, 0.2) is 28.0 Å². The highest BCUT2D eigenvalue weighted by Crippen LogP contribution is 2.41. The number of rotatable bonds is 3. The van der Waals surface area contributed by atoms with Gasteiger partial charge in [-0.05, 0) is 45.0 Å². The number of fused-ring (bicyclic) bond motifs is 1. The van der Waals surface area contributed by atoms with E-state index in [1.165, 1.54) is 35.7 Å². The number of nitrogens with zero attached hydrogens (tertiary/aromatic N) is 4. The van der Waals surface area contributed by atoms with Gasteiger partial charge in [0.05, 0.1) is 12.3 Å². The van der Waals surface area contributed by atoms with Crippen LogP contribution in [0.5, 0.6) is 0 Å². The molecule has 6 nitrogen and oxygen atoms in total. The minimum Gasteiger partial charge on any atom is -0.468 e. The summed E-state index contributed by atoms with van der Waals surface area (Å²) in [4.78, 5) is 19.5. The minimum atomic E-state index is -0.236. The lowest BCUT2D eigenvalue weighted by atomic mass is 10.0. The molecule has 1 fully saturated rings. The zero-order chi connectivity index (χ0) is 15.1. The number of hydrogen-bond donors (Lipinski definition) is 0. The molecule has 0 aliphatic carbocycles. The van der Waals surface area contributed by atoms with Crippen molar-refractivity contribution in [3.8, 4) is 0 Å². The first-order valence-corrected chi connectivity index (χ1v) is 8.54. The van der Waals surface area contributed by atoms with Crippen molar-refractivity contribution < 1.29 is 9.21 Å². The van der Waals surface area contributed by atoms with Crippen LogP contribution in [0.4, 0.5) is 0 Å². The molecule has 0 spiro atoms. The van der Waals surface area contributed by atoms with Crippen LogP contribution in [0.3, 0.4) is 0 Å². The third-order valence-electron chi connectivity index (χ3n) is 4.27. The first-order valence-electron chi connectivity index (χ1n) is 7.66. The fraction of sp³-hybridized carbons (Fsp3) is 0.533. The highest BCUT2D eigenvalue weighted by molar-refractivity contribution is 8.00. The molecule has 4 heterocycles. The van der Waals surface area contributed by atoms with Gasteiger partial charge >= 0.3 is 0 Å². The predicted octanol–water partition coefficient (Wildman–Crippen LogP) is 2.52. The van der Waals surface area contributed by atoms with Crippen LogP contribution in [0.25, 0.3) is 0 Å². The topological polar surface area (TPSA) is 64.2 Å². The summed E-state index contributed by atoms with van der Waals surface area (Å²) in [6.45, 7) is 3.82. The smallest absolute Gasteiger partial charge is 0.265 e. The highest BCUT2D eigenvalue weighted by atomic mass is 32.2. The molecule has 7 heteroatoms. The van der Waals surface area contributed by atoms with Crippen molar-refractivity contribution in [3.63, 3.8) is 0 Å². The first-order chi connectivity index (χ1) is 10.7. The van der Waals surface area contributed by atoms with E-state index >= 15 is 0 Å². The number of piperidine rings is 1. The lowest BCUT2D eigenvalue weighted by molar-refractivity contribution is 0.0797. The van der Waals surface area contributed by atoms with Gasteiger partial charge in [-0.1, -0.05) is 18.2 Å². The van der Waals surface area contributed by atoms with Gasteiger partial charge in [0.25, 0.3) is 5.91 Å². The molecule has 2 atom stereocenters. The van der Waals surface area contributed by atoms with Crippen molar-refractivity contribution in [2.45, 2.75) is 42.6 Å². The molecule has 0 N–H and O–H groups in total. The second-order valence-electron chi connectivity index (χ2n) is 5.79. The second-order valence-corrected chi connectivity index (χ2v) is 6.90. The fourth-order valence-corrected chi connectivity index (χ4v) is 4.55. The average Bonchev–Trinajstić information content (AvgIpc) is 3.22. The molecule has 0 bridgehead atoms. The number of furan rings is 1. The Kier molecular flexibility index (Phi) is 3.54. The van der Waals surface area contributed by atoms with E-state index in [-0.39, 0.29) is 17.2 Å². The van der Waals surface area contributed by atoms with Gasteiger partial charge in [-0.15, -0.1) is 5.10 Å². The summed E-state index contributed by atoms with van der Waals surface area (Å²) < 4.78 is 7.10. The molecule has 0 amide bonds. The van der Waals surface area contributed by atoms with Gasteiger partial charge in [0.15, 0.2) is 5.16 Å². The van der Waals surface area contributed by atoms with Gasteiger partial charge in [0.1, 0.15) is 16.8 Å². The van der Waals surface area contributed by atoms with Crippen molar-refractivity contribution in [2.75, 3.05) is 13.1 Å². The van der Waals surface area contributed by atoms with E-state index in [1.54, 1.807) is 6.26 Å². The van der Waals surface area contributed by atoms with Gasteiger partial charge in [-0.3, -0.25) is 9.69 Å². The third-order valence-corrected chi connectivity index (χ3v) is 5.46. The molecule has 1 saturated heterocycles. The minimum absolute atomic E-state index is 0.00701. The first kappa shape index (κ1) is 14.0. The number of carbonyl (C=O) groups is 1. The van der Waals surface area contributed by atoms with Crippen LogP contribution < -0.4 is 0 Å². The number of aryl methyl sites for hydroxylation is 1. The van der Waals surface area contributed by atoms with Gasteiger partial charge < -0.3 is 4.42 Å². The SMILES string of the molecule is Cc1nc2n(n1)C(=O)C(C(c1ccco1)N1CCCCC1)S2. The Morgan fingerprint density at radius 3 is 2.86 bits per heavy atom. The molecular formula is C15H18N4O2S. The zero-order valence-electron chi connectivity index (χ0n) is 12.4. The molecule has 0 radical (unpaired) electrons. The second kappa shape index (κ2) is 5.55. The van der Waals surface area contributed by atoms with Gasteiger partial charge in [-0.2, -0.15) is 4.68 Å². The maximum absolute atomic E-state index is 12.8. The Bertz CT molecular complexity index is 676. The summed E-state index contributed by atoms with van der Waals surface area (Å²) in [6.07, 6.45) is 5.28. The van der Waals surface area contributed by atoms with Crippen molar-refractivity contribution in [3.05, 3.63) is 30.0 Å². The zero-order valence-corrected chi connectivity index (χ0v) is 13.3. The van der Waals surface area contributed by atoms with Gasteiger partial charge in [0, 0.05) is 0 Å². The summed E-state index contributed by atoms with van der Waals surface area (Å²) in [7, 11) is 0. The molecule has 22 heavy (non-hydrogen) atoms. The summed E-state index contributed by atoms with van der Waals surface area (Å²) in [6, 6.07) is 3.81. The van der Waals surface area contributed by atoms with E-state index in [1.807, 2.05) is 19.1 Å². The van der Waals surface area contributed by atoms with Crippen LogP contribution in [0, 0.1) is 6.92 Å². The molecule has 2 aromatic heterocycles. The molecule has 0 aromatic carbocycles. The maximum atomic E-state index is 12.8. The summed E-state index contributed by atoms with van der Waals surface area (Å²) in [5.41, 5.74) is 0. The molecule has 2 unspecified atom stereocenters. The number of aromatic nitrogens is 3. The van der Waals surface area contributed by atoms with Gasteiger partial charge in [-0.25, -0.2) is 4.98 Å². The summed E-state index contributed by atoms with van der Waals surface area (Å²) >= 11 is 1.50. The Balaban J connectivity index is 1.67. The quantitative estimate of drug-likeness (QED) is 0.866. The Labute approximate surface area is 132 Å². The Morgan fingerprint density at radius 2 is 2.18 bits per heavy atom. The van der Waals surface area contributed by atoms with E-state index in [4.69, 9.17) is 4.42 Å². The van der Waals surface area contributed by atoms with E-state index in [9.17, 15) is 4.79 Å². The number of likely N-dealkylation sites (tertiary alicyclic amines) is 1. The lowest BCUT2D eigenvalue weighted by Gasteiger charge is -2.35. The maximum Gasteiger partial charge on any atom is 0.265 e. The Morgan fingerprint density at radius 1 is 1.36 bits per heavy atom. The highest BCUT2D eigenvalue weighted by Gasteiger charge is 2.44. The van der Waals surface area contributed by atoms with Crippen molar-refractivity contribution in [2.24, 2.45) is 0 Å². The normalized spacial score (nSPS) is 23.7. The largest absolute Gasteiger partial charge is 0.468 e. The van der Waals surface area contributed by atoms with Crippen molar-refractivity contribution in [1.29, 1.82) is 0 Å². The molecular weight excluding hydrogens is 300 g/mol. The molecule has 4 rings (SSSR count). The number of carbonyl (C=O) groups excluding carboxylic acids is 1. The van der Waals surface area contributed by atoms with Crippen molar-refractivity contribution >= 4 is 17.7 Å². The van der Waals surface area contributed by atoms with Crippen molar-refractivity contribution in [1.82, 2.24) is 19.7 Å². The standard InChI is InChI=1S/C15H18N4O2S/c1-10-16-15-19(17-10)14(20)13(22-15)12(11-6-5-9-21-11)18-7-3-2-4-8-18/h5-6,9,12-13H,2-4,7-8H2,1H3. The summed E-state index contributed by atoms with van der Waals surface area (Å²) in [5, 5.41) is 4.68. The Hall–Kier alpha value is -1.60. The van der Waals surface area contributed by atoms with E-state index in [0.29, 0.717) is 11.0 Å². The van der Waals surface area contributed by atoms with Crippen LogP contribution in [0.2, 0.25) is 0 Å². The van der Waals surface area contributed by atoms with Crippen LogP contribution in [0.1, 0.15) is 41.7 Å². The predicted molar refractivity (Wildman–Crippen MR) is 81.9 cm³/mol. The summed E-state index contributed by atoms with van der Waals surface area (Å²) in [5.74, 6) is 1.50. The molecule has 116 valence electrons. The monoisotopic (exact) mass is 318 g/mol. The van der Waals surface area contributed by atoms with E-state index in [2.05, 4.69) is 15.0 Å². The van der Waals surface area contributed by atoms with Gasteiger partial charge in [0.2, 0.25) is 0 Å². The van der Waals surface area contributed by atoms with Crippen LogP contribution >= 0.6 is 11.8 Å². The molecule has 0 saturated carbocycles. The van der Waals surface area contributed by atoms with Crippen LogP contribution in [-0.4, -0.2) is 43.9 Å². The van der Waals surface area contributed by atoms with E-state index in [0.717, 1.165) is 18.8 Å². The van der Waals surface area contributed by atoms with E-state index < -0.39 is 0 Å². The van der Waals surface area contributed by atoms with Crippen LogP contribution in [-0.2, 0) is 0 Å². The molecule has 2 aliphatic rings. The fourth-order valence-electron chi connectivity index (χ4n) is 3.28. The number of hydrogen-bond acceptors (Lipinski definition) is 6.